The van der Waals surface area contributed by atoms with Crippen LogP contribution >= 0.6 is 11.6 Å². The zero-order valence-corrected chi connectivity index (χ0v) is 11.4. The van der Waals surface area contributed by atoms with E-state index in [4.69, 9.17) is 11.6 Å². The molecule has 0 amide bonds. The van der Waals surface area contributed by atoms with E-state index in [9.17, 15) is 10.1 Å². The number of nitro groups is 1. The number of para-hydroxylation sites is 1. The first-order valence-electron chi connectivity index (χ1n) is 6.36. The van der Waals surface area contributed by atoms with Gasteiger partial charge in [-0.2, -0.15) is 5.10 Å². The molecule has 1 heterocycles. The molecular weight excluding hydrogens is 280 g/mol. The Morgan fingerprint density at radius 2 is 2.25 bits per heavy atom. The van der Waals surface area contributed by atoms with Crippen LogP contribution in [0.25, 0.3) is 5.69 Å². The highest BCUT2D eigenvalue weighted by atomic mass is 35.5. The Morgan fingerprint density at radius 1 is 1.45 bits per heavy atom. The maximum absolute atomic E-state index is 11.1. The Hall–Kier alpha value is -1.92. The third kappa shape index (κ3) is 2.66. The lowest BCUT2D eigenvalue weighted by molar-refractivity contribution is -0.384. The smallest absolute Gasteiger partial charge is 0.296 e. The number of benzene rings is 1. The first-order chi connectivity index (χ1) is 9.65. The second-order valence-corrected chi connectivity index (χ2v) is 5.18. The van der Waals surface area contributed by atoms with E-state index in [1.54, 1.807) is 18.3 Å². The number of aromatic nitrogens is 2. The minimum absolute atomic E-state index is 0.0534. The summed E-state index contributed by atoms with van der Waals surface area (Å²) >= 11 is 6.07. The van der Waals surface area contributed by atoms with Crippen LogP contribution in [-0.2, 0) is 6.54 Å². The van der Waals surface area contributed by atoms with Crippen molar-refractivity contribution in [2.45, 2.75) is 25.4 Å². The van der Waals surface area contributed by atoms with Crippen molar-refractivity contribution in [2.24, 2.45) is 0 Å². The number of nitro benzene ring substituents is 1. The highest BCUT2D eigenvalue weighted by Gasteiger charge is 2.21. The van der Waals surface area contributed by atoms with Crippen LogP contribution in [-0.4, -0.2) is 20.7 Å². The molecule has 1 fully saturated rings. The molecule has 0 spiro atoms. The molecule has 7 heteroatoms. The molecule has 1 N–H and O–H groups in total. The first-order valence-corrected chi connectivity index (χ1v) is 6.74. The molecule has 104 valence electrons. The van der Waals surface area contributed by atoms with Gasteiger partial charge in [-0.05, 0) is 25.0 Å². The Balaban J connectivity index is 1.90. The van der Waals surface area contributed by atoms with Crippen LogP contribution in [0.5, 0.6) is 0 Å². The summed E-state index contributed by atoms with van der Waals surface area (Å²) in [7, 11) is 0. The van der Waals surface area contributed by atoms with Gasteiger partial charge in [-0.25, -0.2) is 4.68 Å². The van der Waals surface area contributed by atoms with Crippen LogP contribution in [0.3, 0.4) is 0 Å². The predicted octanol–water partition coefficient (Wildman–Crippen LogP) is 2.69. The summed E-state index contributed by atoms with van der Waals surface area (Å²) in [5.74, 6) is 0. The van der Waals surface area contributed by atoms with Gasteiger partial charge in [0.2, 0.25) is 0 Å². The summed E-state index contributed by atoms with van der Waals surface area (Å²) in [5.41, 5.74) is 1.09. The molecule has 0 aliphatic heterocycles. The number of halogens is 1. The van der Waals surface area contributed by atoms with E-state index >= 15 is 0 Å². The largest absolute Gasteiger partial charge is 0.308 e. The maximum atomic E-state index is 11.1. The van der Waals surface area contributed by atoms with Gasteiger partial charge in [0, 0.05) is 24.8 Å². The van der Waals surface area contributed by atoms with Gasteiger partial charge in [-0.3, -0.25) is 10.1 Å². The Kier molecular flexibility index (Phi) is 3.42. The lowest BCUT2D eigenvalue weighted by Crippen LogP contribution is -2.15. The number of nitrogens with one attached hydrogen (secondary N) is 1. The molecule has 3 rings (SSSR count). The van der Waals surface area contributed by atoms with E-state index in [1.165, 1.54) is 23.6 Å². The third-order valence-corrected chi connectivity index (χ3v) is 3.49. The molecular formula is C13H13ClN4O2. The number of nitrogens with zero attached hydrogens (tertiary/aromatic N) is 3. The molecule has 20 heavy (non-hydrogen) atoms. The molecule has 0 atom stereocenters. The standard InChI is InChI=1S/C13H13ClN4O2/c14-11-2-1-3-12(18(19)20)13(11)17-7-6-10(16-17)8-15-9-4-5-9/h1-3,6-7,9,15H,4-5,8H2. The minimum Gasteiger partial charge on any atom is -0.308 e. The Labute approximate surface area is 120 Å². The number of hydrogen-bond donors (Lipinski definition) is 1. The summed E-state index contributed by atoms with van der Waals surface area (Å²) in [5, 5.41) is 19.1. The highest BCUT2D eigenvalue weighted by Crippen LogP contribution is 2.29. The third-order valence-electron chi connectivity index (χ3n) is 3.18. The molecule has 1 aromatic carbocycles. The number of hydrogen-bond acceptors (Lipinski definition) is 4. The highest BCUT2D eigenvalue weighted by molar-refractivity contribution is 6.32. The van der Waals surface area contributed by atoms with Crippen molar-refractivity contribution in [2.75, 3.05) is 0 Å². The zero-order valence-electron chi connectivity index (χ0n) is 10.6. The average molecular weight is 293 g/mol. The van der Waals surface area contributed by atoms with Gasteiger partial charge in [-0.15, -0.1) is 0 Å². The van der Waals surface area contributed by atoms with Crippen molar-refractivity contribution in [3.05, 3.63) is 51.3 Å². The molecule has 0 bridgehead atoms. The maximum Gasteiger partial charge on any atom is 0.296 e. The summed E-state index contributed by atoms with van der Waals surface area (Å²) in [6.45, 7) is 0.663. The summed E-state index contributed by atoms with van der Waals surface area (Å²) in [4.78, 5) is 10.6. The monoisotopic (exact) mass is 292 g/mol. The molecule has 0 saturated heterocycles. The molecule has 1 saturated carbocycles. The fraction of sp³-hybridized carbons (Fsp3) is 0.308. The second kappa shape index (κ2) is 5.22. The Bertz CT molecular complexity index is 652. The molecule has 6 nitrogen and oxygen atoms in total. The van der Waals surface area contributed by atoms with Gasteiger partial charge in [0.05, 0.1) is 15.6 Å². The molecule has 0 unspecified atom stereocenters. The van der Waals surface area contributed by atoms with Crippen molar-refractivity contribution < 1.29 is 4.92 Å². The lowest BCUT2D eigenvalue weighted by atomic mass is 10.2. The fourth-order valence-corrected chi connectivity index (χ4v) is 2.25. The van der Waals surface area contributed by atoms with Crippen LogP contribution < -0.4 is 5.32 Å². The van der Waals surface area contributed by atoms with Crippen LogP contribution in [0.1, 0.15) is 18.5 Å². The summed E-state index contributed by atoms with van der Waals surface area (Å²) in [6.07, 6.45) is 4.10. The van der Waals surface area contributed by atoms with Crippen molar-refractivity contribution in [3.63, 3.8) is 0 Å². The van der Waals surface area contributed by atoms with Crippen molar-refractivity contribution in [1.82, 2.24) is 15.1 Å². The minimum atomic E-state index is -0.453. The van der Waals surface area contributed by atoms with E-state index in [0.717, 1.165) is 5.69 Å². The molecule has 1 aliphatic carbocycles. The van der Waals surface area contributed by atoms with Gasteiger partial charge in [0.15, 0.2) is 5.69 Å². The SMILES string of the molecule is O=[N+]([O-])c1cccc(Cl)c1-n1ccc(CNC2CC2)n1. The van der Waals surface area contributed by atoms with Crippen LogP contribution in [0.2, 0.25) is 5.02 Å². The fourth-order valence-electron chi connectivity index (χ4n) is 1.99. The van der Waals surface area contributed by atoms with Crippen LogP contribution in [0.15, 0.2) is 30.5 Å². The average Bonchev–Trinajstić information content (AvgIpc) is 3.14. The molecule has 1 aromatic heterocycles. The predicted molar refractivity (Wildman–Crippen MR) is 75.1 cm³/mol. The topological polar surface area (TPSA) is 73.0 Å². The van der Waals surface area contributed by atoms with Crippen molar-refractivity contribution in [3.8, 4) is 5.69 Å². The normalized spacial score (nSPS) is 14.4. The van der Waals surface area contributed by atoms with E-state index in [1.807, 2.05) is 6.07 Å². The van der Waals surface area contributed by atoms with Crippen molar-refractivity contribution in [1.29, 1.82) is 0 Å². The quantitative estimate of drug-likeness (QED) is 0.679. The van der Waals surface area contributed by atoms with Gasteiger partial charge >= 0.3 is 0 Å². The van der Waals surface area contributed by atoms with E-state index in [0.29, 0.717) is 23.3 Å². The van der Waals surface area contributed by atoms with E-state index in [-0.39, 0.29) is 5.69 Å². The van der Waals surface area contributed by atoms with Crippen LogP contribution in [0, 0.1) is 10.1 Å². The van der Waals surface area contributed by atoms with E-state index < -0.39 is 4.92 Å². The van der Waals surface area contributed by atoms with Crippen LogP contribution in [0.4, 0.5) is 5.69 Å². The van der Waals surface area contributed by atoms with Crippen molar-refractivity contribution >= 4 is 17.3 Å². The zero-order chi connectivity index (χ0) is 14.1. The molecule has 2 aromatic rings. The first kappa shape index (κ1) is 13.1. The molecule has 1 aliphatic rings. The molecule has 0 radical (unpaired) electrons. The lowest BCUT2D eigenvalue weighted by Gasteiger charge is -2.05. The van der Waals surface area contributed by atoms with Gasteiger partial charge in [0.1, 0.15) is 0 Å². The second-order valence-electron chi connectivity index (χ2n) is 4.77. The summed E-state index contributed by atoms with van der Waals surface area (Å²) < 4.78 is 1.46. The summed E-state index contributed by atoms with van der Waals surface area (Å²) in [6, 6.07) is 7.03. The van der Waals surface area contributed by atoms with Gasteiger partial charge < -0.3 is 5.32 Å². The number of rotatable bonds is 5. The van der Waals surface area contributed by atoms with E-state index in [2.05, 4.69) is 10.4 Å². The Morgan fingerprint density at radius 3 is 2.95 bits per heavy atom. The van der Waals surface area contributed by atoms with Gasteiger partial charge in [0.25, 0.3) is 5.69 Å². The van der Waals surface area contributed by atoms with Gasteiger partial charge in [-0.1, -0.05) is 17.7 Å².